The first-order valence-electron chi connectivity index (χ1n) is 6.23. The number of hydrogen-bond donors (Lipinski definition) is 2. The molecule has 0 saturated heterocycles. The van der Waals surface area contributed by atoms with Crippen molar-refractivity contribution in [3.63, 3.8) is 0 Å². The summed E-state index contributed by atoms with van der Waals surface area (Å²) in [5, 5.41) is 8.99. The first-order chi connectivity index (χ1) is 8.95. The second-order valence-corrected chi connectivity index (χ2v) is 6.44. The molecule has 1 aromatic carbocycles. The molecule has 6 heteroatoms. The number of benzene rings is 1. The average molecular weight is 287 g/mol. The molecule has 0 aliphatic heterocycles. The Morgan fingerprint density at radius 2 is 2.11 bits per heavy atom. The van der Waals surface area contributed by atoms with Crippen molar-refractivity contribution in [2.75, 3.05) is 19.8 Å². The summed E-state index contributed by atoms with van der Waals surface area (Å²) in [5.74, 6) is 0.429. The summed E-state index contributed by atoms with van der Waals surface area (Å²) in [6.45, 7) is 5.08. The molecule has 0 spiro atoms. The number of aliphatic hydroxyl groups excluding tert-OH is 1. The maximum Gasteiger partial charge on any atom is 0.240 e. The van der Waals surface area contributed by atoms with Crippen molar-refractivity contribution in [3.8, 4) is 0 Å². The molecule has 0 fully saturated rings. The van der Waals surface area contributed by atoms with Gasteiger partial charge in [0, 0.05) is 13.2 Å². The van der Waals surface area contributed by atoms with E-state index < -0.39 is 10.0 Å². The van der Waals surface area contributed by atoms with Gasteiger partial charge in [0.25, 0.3) is 0 Å². The van der Waals surface area contributed by atoms with Crippen molar-refractivity contribution >= 4 is 10.0 Å². The molecule has 5 nitrogen and oxygen atoms in total. The molecule has 0 aliphatic carbocycles. The fourth-order valence-corrected chi connectivity index (χ4v) is 2.54. The van der Waals surface area contributed by atoms with Gasteiger partial charge in [-0.2, -0.15) is 0 Å². The predicted octanol–water partition coefficient (Wildman–Crippen LogP) is 1.13. The summed E-state index contributed by atoms with van der Waals surface area (Å²) in [5.41, 5.74) is 0.568. The van der Waals surface area contributed by atoms with Gasteiger partial charge in [-0.1, -0.05) is 26.0 Å². The lowest BCUT2D eigenvalue weighted by Gasteiger charge is -2.09. The maximum absolute atomic E-state index is 11.9. The minimum absolute atomic E-state index is 0.155. The fourth-order valence-electron chi connectivity index (χ4n) is 1.46. The summed E-state index contributed by atoms with van der Waals surface area (Å²) >= 11 is 0. The van der Waals surface area contributed by atoms with Crippen LogP contribution in [0.3, 0.4) is 0 Å². The van der Waals surface area contributed by atoms with Crippen LogP contribution in [-0.4, -0.2) is 33.3 Å². The molecule has 0 atom stereocenters. The van der Waals surface area contributed by atoms with Crippen LogP contribution >= 0.6 is 0 Å². The molecule has 0 aliphatic rings. The largest absolute Gasteiger partial charge is 0.392 e. The average Bonchev–Trinajstić information content (AvgIpc) is 2.38. The monoisotopic (exact) mass is 287 g/mol. The molecule has 0 radical (unpaired) electrons. The van der Waals surface area contributed by atoms with Gasteiger partial charge >= 0.3 is 0 Å². The highest BCUT2D eigenvalue weighted by atomic mass is 32.2. The van der Waals surface area contributed by atoms with Crippen molar-refractivity contribution in [2.45, 2.75) is 25.3 Å². The Bertz CT molecular complexity index is 485. The van der Waals surface area contributed by atoms with Gasteiger partial charge in [0.1, 0.15) is 0 Å². The predicted molar refractivity (Wildman–Crippen MR) is 73.2 cm³/mol. The fraction of sp³-hybridized carbons (Fsp3) is 0.538. The van der Waals surface area contributed by atoms with Crippen LogP contribution in [-0.2, 0) is 21.4 Å². The van der Waals surface area contributed by atoms with Crippen molar-refractivity contribution in [1.29, 1.82) is 0 Å². The van der Waals surface area contributed by atoms with Crippen molar-refractivity contribution in [1.82, 2.24) is 4.72 Å². The molecule has 19 heavy (non-hydrogen) atoms. The van der Waals surface area contributed by atoms with Crippen LogP contribution in [0.4, 0.5) is 0 Å². The van der Waals surface area contributed by atoms with Crippen LogP contribution in [0.2, 0.25) is 0 Å². The van der Waals surface area contributed by atoms with E-state index in [9.17, 15) is 8.42 Å². The minimum Gasteiger partial charge on any atom is -0.392 e. The molecule has 0 heterocycles. The van der Waals surface area contributed by atoms with Gasteiger partial charge in [0.2, 0.25) is 10.0 Å². The van der Waals surface area contributed by atoms with E-state index in [0.717, 1.165) is 0 Å². The molecule has 2 N–H and O–H groups in total. The third kappa shape index (κ3) is 5.69. The third-order valence-electron chi connectivity index (χ3n) is 2.38. The number of sulfonamides is 1. The number of nitrogens with one attached hydrogen (secondary N) is 1. The number of hydrogen-bond acceptors (Lipinski definition) is 4. The smallest absolute Gasteiger partial charge is 0.240 e. The first kappa shape index (κ1) is 16.1. The number of aliphatic hydroxyl groups is 1. The van der Waals surface area contributed by atoms with E-state index >= 15 is 0 Å². The van der Waals surface area contributed by atoms with Crippen molar-refractivity contribution in [2.24, 2.45) is 5.92 Å². The topological polar surface area (TPSA) is 75.6 Å². The molecule has 0 saturated carbocycles. The molecule has 0 amide bonds. The highest BCUT2D eigenvalue weighted by Crippen LogP contribution is 2.11. The van der Waals surface area contributed by atoms with Gasteiger partial charge in [-0.3, -0.25) is 0 Å². The van der Waals surface area contributed by atoms with E-state index in [4.69, 9.17) is 9.84 Å². The van der Waals surface area contributed by atoms with Gasteiger partial charge in [0.05, 0.1) is 18.1 Å². The Balaban J connectivity index is 2.51. The maximum atomic E-state index is 11.9. The Morgan fingerprint density at radius 3 is 2.74 bits per heavy atom. The van der Waals surface area contributed by atoms with E-state index in [1.807, 2.05) is 13.8 Å². The molecule has 1 aromatic rings. The molecule has 0 unspecified atom stereocenters. The highest BCUT2D eigenvalue weighted by molar-refractivity contribution is 7.89. The van der Waals surface area contributed by atoms with Gasteiger partial charge in [0.15, 0.2) is 0 Å². The molecule has 108 valence electrons. The second kappa shape index (κ2) is 7.59. The van der Waals surface area contributed by atoms with Crippen LogP contribution in [0.5, 0.6) is 0 Å². The summed E-state index contributed by atoms with van der Waals surface area (Å²) in [4.78, 5) is 0.155. The first-order valence-corrected chi connectivity index (χ1v) is 7.71. The minimum atomic E-state index is -3.53. The van der Waals surface area contributed by atoms with Crippen molar-refractivity contribution in [3.05, 3.63) is 29.8 Å². The van der Waals surface area contributed by atoms with E-state index in [1.54, 1.807) is 12.1 Å². The van der Waals surface area contributed by atoms with Crippen molar-refractivity contribution < 1.29 is 18.3 Å². The van der Waals surface area contributed by atoms with E-state index in [1.165, 1.54) is 12.1 Å². The Labute approximate surface area is 114 Å². The highest BCUT2D eigenvalue weighted by Gasteiger charge is 2.13. The van der Waals surface area contributed by atoms with Gasteiger partial charge in [-0.05, 0) is 23.6 Å². The molecule has 1 rings (SSSR count). The third-order valence-corrected chi connectivity index (χ3v) is 3.84. The lowest BCUT2D eigenvalue weighted by atomic mass is 10.2. The quantitative estimate of drug-likeness (QED) is 0.703. The van der Waals surface area contributed by atoms with E-state index in [-0.39, 0.29) is 18.0 Å². The van der Waals surface area contributed by atoms with Crippen LogP contribution in [0.25, 0.3) is 0 Å². The Hall–Kier alpha value is -0.950. The van der Waals surface area contributed by atoms with Crippen LogP contribution in [0.15, 0.2) is 29.2 Å². The van der Waals surface area contributed by atoms with E-state index in [2.05, 4.69) is 4.72 Å². The lowest BCUT2D eigenvalue weighted by molar-refractivity contribution is 0.114. The Kier molecular flexibility index (Phi) is 6.44. The molecule has 0 aromatic heterocycles. The zero-order valence-corrected chi connectivity index (χ0v) is 12.1. The van der Waals surface area contributed by atoms with Crippen LogP contribution in [0, 0.1) is 5.92 Å². The summed E-state index contributed by atoms with van der Waals surface area (Å²) in [6, 6.07) is 6.23. The number of rotatable bonds is 8. The van der Waals surface area contributed by atoms with Crippen LogP contribution in [0.1, 0.15) is 19.4 Å². The molecular formula is C13H21NO4S. The Morgan fingerprint density at radius 1 is 1.37 bits per heavy atom. The molecule has 0 bridgehead atoms. The van der Waals surface area contributed by atoms with Gasteiger partial charge in [-0.25, -0.2) is 13.1 Å². The summed E-state index contributed by atoms with van der Waals surface area (Å²) < 4.78 is 31.7. The SMILES string of the molecule is CC(C)COCCNS(=O)(=O)c1cccc(CO)c1. The summed E-state index contributed by atoms with van der Waals surface area (Å²) in [7, 11) is -3.53. The molecular weight excluding hydrogens is 266 g/mol. The van der Waals surface area contributed by atoms with Gasteiger partial charge in [-0.15, -0.1) is 0 Å². The second-order valence-electron chi connectivity index (χ2n) is 4.67. The zero-order chi connectivity index (χ0) is 14.3. The standard InChI is InChI=1S/C13H21NO4S/c1-11(2)10-18-7-6-14-19(16,17)13-5-3-4-12(8-13)9-15/h3-5,8,11,14-15H,6-7,9-10H2,1-2H3. The van der Waals surface area contributed by atoms with Crippen LogP contribution < -0.4 is 4.72 Å². The lowest BCUT2D eigenvalue weighted by Crippen LogP contribution is -2.28. The van der Waals surface area contributed by atoms with E-state index in [0.29, 0.717) is 24.7 Å². The summed E-state index contributed by atoms with van der Waals surface area (Å²) in [6.07, 6.45) is 0. The zero-order valence-electron chi connectivity index (χ0n) is 11.3. The van der Waals surface area contributed by atoms with Gasteiger partial charge < -0.3 is 9.84 Å². The number of ether oxygens (including phenoxy) is 1. The normalized spacial score (nSPS) is 12.0.